The first-order valence-corrected chi connectivity index (χ1v) is 8.95. The molecule has 1 fully saturated rings. The van der Waals surface area contributed by atoms with Crippen molar-refractivity contribution in [2.45, 2.75) is 38.3 Å². The number of aromatic amines is 1. The van der Waals surface area contributed by atoms with E-state index in [-0.39, 0.29) is 5.91 Å². The number of imidazole rings is 1. The molecule has 2 aromatic rings. The summed E-state index contributed by atoms with van der Waals surface area (Å²) in [5.41, 5.74) is 3.37. The monoisotopic (exact) mass is 340 g/mol. The van der Waals surface area contributed by atoms with Gasteiger partial charge in [0.2, 0.25) is 5.91 Å². The highest BCUT2D eigenvalue weighted by atomic mass is 16.5. The lowest BCUT2D eigenvalue weighted by atomic mass is 10.1. The summed E-state index contributed by atoms with van der Waals surface area (Å²) < 4.78 is 5.20. The van der Waals surface area contributed by atoms with Crippen LogP contribution < -0.4 is 10.1 Å². The van der Waals surface area contributed by atoms with Gasteiger partial charge in [-0.3, -0.25) is 9.69 Å². The van der Waals surface area contributed by atoms with Gasteiger partial charge in [0.25, 0.3) is 0 Å². The van der Waals surface area contributed by atoms with Crippen molar-refractivity contribution in [2.75, 3.05) is 20.2 Å². The number of benzene rings is 1. The number of hydrogen-bond donors (Lipinski definition) is 2. The standard InChI is InChI=1S/C19H24N4O2/c1-25-15-6-2-13(3-7-15)19-21-16-8-10-23(12-17(16)22-19)11-9-18(24)20-14-4-5-14/h2-3,6-7,14H,4-5,8-12H2,1H3,(H,20,24)(H,21,22). The Bertz CT molecular complexity index is 749. The van der Waals surface area contributed by atoms with Crippen LogP contribution in [0, 0.1) is 0 Å². The smallest absolute Gasteiger partial charge is 0.221 e. The highest BCUT2D eigenvalue weighted by Crippen LogP contribution is 2.24. The summed E-state index contributed by atoms with van der Waals surface area (Å²) in [7, 11) is 1.67. The van der Waals surface area contributed by atoms with Gasteiger partial charge >= 0.3 is 0 Å². The SMILES string of the molecule is COc1ccc(-c2nc3c([nH]2)CN(CCC(=O)NC2CC2)CC3)cc1. The van der Waals surface area contributed by atoms with E-state index in [0.717, 1.165) is 61.7 Å². The zero-order valence-electron chi connectivity index (χ0n) is 14.5. The fraction of sp³-hybridized carbons (Fsp3) is 0.474. The van der Waals surface area contributed by atoms with Crippen molar-refractivity contribution in [2.24, 2.45) is 0 Å². The minimum Gasteiger partial charge on any atom is -0.497 e. The second-order valence-electron chi connectivity index (χ2n) is 6.86. The molecule has 2 heterocycles. The molecule has 0 saturated heterocycles. The number of fused-ring (bicyclic) bond motifs is 1. The lowest BCUT2D eigenvalue weighted by molar-refractivity contribution is -0.121. The van der Waals surface area contributed by atoms with Crippen LogP contribution in [-0.2, 0) is 17.8 Å². The number of nitrogens with zero attached hydrogens (tertiary/aromatic N) is 2. The van der Waals surface area contributed by atoms with Gasteiger partial charge in [-0.25, -0.2) is 4.98 Å². The molecule has 0 spiro atoms. The number of methoxy groups -OCH3 is 1. The molecule has 1 aliphatic heterocycles. The molecule has 6 nitrogen and oxygen atoms in total. The molecular formula is C19H24N4O2. The summed E-state index contributed by atoms with van der Waals surface area (Å²) in [4.78, 5) is 22.4. The van der Waals surface area contributed by atoms with Crippen molar-refractivity contribution in [3.8, 4) is 17.1 Å². The lowest BCUT2D eigenvalue weighted by Gasteiger charge is -2.25. The molecule has 132 valence electrons. The third-order valence-corrected chi connectivity index (χ3v) is 4.87. The van der Waals surface area contributed by atoms with E-state index in [1.165, 1.54) is 5.69 Å². The van der Waals surface area contributed by atoms with Gasteiger partial charge in [0.15, 0.2) is 0 Å². The Balaban J connectivity index is 1.37. The zero-order valence-corrected chi connectivity index (χ0v) is 14.5. The molecule has 1 saturated carbocycles. The van der Waals surface area contributed by atoms with E-state index < -0.39 is 0 Å². The van der Waals surface area contributed by atoms with Gasteiger partial charge in [-0.2, -0.15) is 0 Å². The minimum atomic E-state index is 0.178. The molecule has 1 aromatic heterocycles. The fourth-order valence-electron chi connectivity index (χ4n) is 3.21. The summed E-state index contributed by atoms with van der Waals surface area (Å²) in [6.45, 7) is 2.58. The van der Waals surface area contributed by atoms with Crippen LogP contribution in [0.15, 0.2) is 24.3 Å². The first kappa shape index (κ1) is 16.1. The van der Waals surface area contributed by atoms with E-state index in [4.69, 9.17) is 9.72 Å². The summed E-state index contributed by atoms with van der Waals surface area (Å²) in [6, 6.07) is 8.37. The number of H-pyrrole nitrogens is 1. The van der Waals surface area contributed by atoms with Gasteiger partial charge in [-0.15, -0.1) is 0 Å². The van der Waals surface area contributed by atoms with Crippen LogP contribution in [0.25, 0.3) is 11.4 Å². The normalized spacial score (nSPS) is 17.2. The maximum absolute atomic E-state index is 11.9. The van der Waals surface area contributed by atoms with Crippen LogP contribution in [0.1, 0.15) is 30.7 Å². The van der Waals surface area contributed by atoms with Crippen molar-refractivity contribution in [1.29, 1.82) is 0 Å². The number of aromatic nitrogens is 2. The van der Waals surface area contributed by atoms with Gasteiger partial charge < -0.3 is 15.0 Å². The second kappa shape index (κ2) is 6.88. The number of hydrogen-bond acceptors (Lipinski definition) is 4. The predicted octanol–water partition coefficient (Wildman–Crippen LogP) is 2.11. The van der Waals surface area contributed by atoms with Crippen LogP contribution in [0.2, 0.25) is 0 Å². The molecule has 1 aliphatic carbocycles. The topological polar surface area (TPSA) is 70.2 Å². The molecule has 6 heteroatoms. The number of rotatable bonds is 6. The van der Waals surface area contributed by atoms with Crippen LogP contribution in [0.4, 0.5) is 0 Å². The summed E-state index contributed by atoms with van der Waals surface area (Å²) in [6.07, 6.45) is 3.78. The van der Waals surface area contributed by atoms with Crippen LogP contribution in [0.5, 0.6) is 5.75 Å². The summed E-state index contributed by atoms with van der Waals surface area (Å²) in [5, 5.41) is 3.05. The molecule has 2 N–H and O–H groups in total. The zero-order chi connectivity index (χ0) is 17.2. The van der Waals surface area contributed by atoms with Crippen LogP contribution in [0.3, 0.4) is 0 Å². The molecule has 25 heavy (non-hydrogen) atoms. The maximum atomic E-state index is 11.9. The Hall–Kier alpha value is -2.34. The van der Waals surface area contributed by atoms with Crippen molar-refractivity contribution in [3.05, 3.63) is 35.7 Å². The van der Waals surface area contributed by atoms with Crippen molar-refractivity contribution < 1.29 is 9.53 Å². The van der Waals surface area contributed by atoms with E-state index in [2.05, 4.69) is 15.2 Å². The van der Waals surface area contributed by atoms with E-state index in [0.29, 0.717) is 12.5 Å². The van der Waals surface area contributed by atoms with Crippen molar-refractivity contribution in [1.82, 2.24) is 20.2 Å². The lowest BCUT2D eigenvalue weighted by Crippen LogP contribution is -2.35. The molecule has 1 amide bonds. The number of nitrogens with one attached hydrogen (secondary N) is 2. The first-order chi connectivity index (χ1) is 12.2. The third kappa shape index (κ3) is 3.85. The third-order valence-electron chi connectivity index (χ3n) is 4.87. The van der Waals surface area contributed by atoms with E-state index >= 15 is 0 Å². The highest BCUT2D eigenvalue weighted by Gasteiger charge is 2.24. The number of ether oxygens (including phenoxy) is 1. The van der Waals surface area contributed by atoms with E-state index in [1.807, 2.05) is 24.3 Å². The predicted molar refractivity (Wildman–Crippen MR) is 95.3 cm³/mol. The average molecular weight is 340 g/mol. The Kier molecular flexibility index (Phi) is 4.44. The number of carbonyl (C=O) groups is 1. The molecular weight excluding hydrogens is 316 g/mol. The van der Waals surface area contributed by atoms with Gasteiger partial charge in [-0.1, -0.05) is 0 Å². The summed E-state index contributed by atoms with van der Waals surface area (Å²) in [5.74, 6) is 1.92. The minimum absolute atomic E-state index is 0.178. The first-order valence-electron chi connectivity index (χ1n) is 8.95. The molecule has 4 rings (SSSR count). The fourth-order valence-corrected chi connectivity index (χ4v) is 3.21. The average Bonchev–Trinajstić information content (AvgIpc) is 3.35. The molecule has 0 atom stereocenters. The van der Waals surface area contributed by atoms with Gasteiger partial charge in [-0.05, 0) is 37.1 Å². The van der Waals surface area contributed by atoms with Crippen LogP contribution >= 0.6 is 0 Å². The Morgan fingerprint density at radius 1 is 1.36 bits per heavy atom. The van der Waals surface area contributed by atoms with Crippen molar-refractivity contribution in [3.63, 3.8) is 0 Å². The van der Waals surface area contributed by atoms with Crippen molar-refractivity contribution >= 4 is 5.91 Å². The second-order valence-corrected chi connectivity index (χ2v) is 6.86. The molecule has 1 aromatic carbocycles. The van der Waals surface area contributed by atoms with Gasteiger partial charge in [0.05, 0.1) is 18.5 Å². The highest BCUT2D eigenvalue weighted by molar-refractivity contribution is 5.76. The maximum Gasteiger partial charge on any atom is 0.221 e. The van der Waals surface area contributed by atoms with Gasteiger partial charge in [0, 0.05) is 44.1 Å². The van der Waals surface area contributed by atoms with Gasteiger partial charge in [0.1, 0.15) is 11.6 Å². The number of amides is 1. The number of carbonyl (C=O) groups excluding carboxylic acids is 1. The largest absolute Gasteiger partial charge is 0.497 e. The van der Waals surface area contributed by atoms with Crippen LogP contribution in [-0.4, -0.2) is 47.0 Å². The van der Waals surface area contributed by atoms with E-state index in [1.54, 1.807) is 7.11 Å². The molecule has 0 bridgehead atoms. The molecule has 0 radical (unpaired) electrons. The molecule has 0 unspecified atom stereocenters. The molecule has 2 aliphatic rings. The Morgan fingerprint density at radius 2 is 2.16 bits per heavy atom. The quantitative estimate of drug-likeness (QED) is 0.845. The van der Waals surface area contributed by atoms with E-state index in [9.17, 15) is 4.79 Å². The summed E-state index contributed by atoms with van der Waals surface area (Å²) >= 11 is 0. The Labute approximate surface area is 147 Å². The Morgan fingerprint density at radius 3 is 2.88 bits per heavy atom.